The number of nitrogens with one attached hydrogen (secondary N) is 1. The molecule has 1 atom stereocenters. The fourth-order valence-electron chi connectivity index (χ4n) is 1.29. The number of sulfonamides is 1. The van der Waals surface area contributed by atoms with Gasteiger partial charge in [0.1, 0.15) is 4.90 Å². The third-order valence-corrected chi connectivity index (χ3v) is 4.05. The van der Waals surface area contributed by atoms with Gasteiger partial charge in [0, 0.05) is 6.04 Å². The van der Waals surface area contributed by atoms with Crippen LogP contribution in [-0.4, -0.2) is 25.5 Å². The normalized spacial score (nSPS) is 13.3. The van der Waals surface area contributed by atoms with E-state index in [1.165, 1.54) is 19.1 Å². The van der Waals surface area contributed by atoms with Crippen LogP contribution in [0.1, 0.15) is 13.3 Å². The van der Waals surface area contributed by atoms with E-state index in [0.29, 0.717) is 0 Å². The first-order chi connectivity index (χ1) is 7.83. The van der Waals surface area contributed by atoms with E-state index in [2.05, 4.69) is 4.72 Å². The number of rotatable bonds is 5. The van der Waals surface area contributed by atoms with Gasteiger partial charge in [-0.1, -0.05) is 23.7 Å². The van der Waals surface area contributed by atoms with Gasteiger partial charge in [0.2, 0.25) is 10.0 Å². The van der Waals surface area contributed by atoms with Crippen molar-refractivity contribution in [3.8, 4) is 0 Å². The lowest BCUT2D eigenvalue weighted by Crippen LogP contribution is -2.34. The number of aliphatic carboxylic acids is 1. The van der Waals surface area contributed by atoms with Crippen LogP contribution < -0.4 is 4.72 Å². The van der Waals surface area contributed by atoms with E-state index in [9.17, 15) is 13.2 Å². The minimum Gasteiger partial charge on any atom is -0.481 e. The lowest BCUT2D eigenvalue weighted by atomic mass is 10.3. The first-order valence-electron chi connectivity index (χ1n) is 4.81. The number of halogens is 1. The third kappa shape index (κ3) is 3.99. The Balaban J connectivity index is 2.90. The van der Waals surface area contributed by atoms with Crippen molar-refractivity contribution in [3.05, 3.63) is 29.3 Å². The quantitative estimate of drug-likeness (QED) is 0.854. The molecule has 0 amide bonds. The number of carboxylic acid groups (broad SMARTS) is 1. The number of carboxylic acids is 1. The van der Waals surface area contributed by atoms with Crippen LogP contribution in [0.4, 0.5) is 0 Å². The highest BCUT2D eigenvalue weighted by molar-refractivity contribution is 7.89. The fourth-order valence-corrected chi connectivity index (χ4v) is 3.06. The highest BCUT2D eigenvalue weighted by atomic mass is 35.5. The lowest BCUT2D eigenvalue weighted by molar-refractivity contribution is -0.137. The van der Waals surface area contributed by atoms with Gasteiger partial charge >= 0.3 is 5.97 Å². The average Bonchev–Trinajstić information content (AvgIpc) is 2.15. The molecule has 0 spiro atoms. The zero-order valence-corrected chi connectivity index (χ0v) is 10.6. The first-order valence-corrected chi connectivity index (χ1v) is 6.67. The molecule has 17 heavy (non-hydrogen) atoms. The van der Waals surface area contributed by atoms with Crippen LogP contribution in [0.2, 0.25) is 5.02 Å². The molecule has 5 nitrogen and oxygen atoms in total. The smallest absolute Gasteiger partial charge is 0.304 e. The summed E-state index contributed by atoms with van der Waals surface area (Å²) in [7, 11) is -3.78. The van der Waals surface area contributed by atoms with Crippen molar-refractivity contribution in [3.63, 3.8) is 0 Å². The average molecular weight is 278 g/mol. The Hall–Kier alpha value is -1.11. The van der Waals surface area contributed by atoms with Gasteiger partial charge in [0.05, 0.1) is 11.4 Å². The van der Waals surface area contributed by atoms with Gasteiger partial charge in [0.25, 0.3) is 0 Å². The predicted octanol–water partition coefficient (Wildman–Crippen LogP) is 1.48. The molecule has 0 aromatic heterocycles. The summed E-state index contributed by atoms with van der Waals surface area (Å²) in [6.07, 6.45) is -0.288. The van der Waals surface area contributed by atoms with Gasteiger partial charge in [-0.25, -0.2) is 13.1 Å². The summed E-state index contributed by atoms with van der Waals surface area (Å²) in [4.78, 5) is 10.4. The largest absolute Gasteiger partial charge is 0.481 e. The van der Waals surface area contributed by atoms with Crippen molar-refractivity contribution in [1.82, 2.24) is 4.72 Å². The number of benzene rings is 1. The predicted molar refractivity (Wildman–Crippen MR) is 63.5 cm³/mol. The van der Waals surface area contributed by atoms with Crippen LogP contribution in [0.3, 0.4) is 0 Å². The molecular weight excluding hydrogens is 266 g/mol. The van der Waals surface area contributed by atoms with E-state index < -0.39 is 22.0 Å². The molecule has 1 aromatic carbocycles. The van der Waals surface area contributed by atoms with Gasteiger partial charge in [-0.05, 0) is 19.1 Å². The summed E-state index contributed by atoms with van der Waals surface area (Å²) in [5, 5.41) is 8.64. The van der Waals surface area contributed by atoms with Crippen molar-refractivity contribution in [2.75, 3.05) is 0 Å². The molecule has 1 aromatic rings. The SMILES string of the molecule is CC(CC(=O)O)NS(=O)(=O)c1ccccc1Cl. The fraction of sp³-hybridized carbons (Fsp3) is 0.300. The molecule has 0 fully saturated rings. The van der Waals surface area contributed by atoms with Crippen LogP contribution in [-0.2, 0) is 14.8 Å². The van der Waals surface area contributed by atoms with Crippen LogP contribution in [0.25, 0.3) is 0 Å². The minimum absolute atomic E-state index is 0.0566. The molecule has 0 bridgehead atoms. The summed E-state index contributed by atoms with van der Waals surface area (Å²) < 4.78 is 26.0. The number of hydrogen-bond acceptors (Lipinski definition) is 3. The number of carbonyl (C=O) groups is 1. The monoisotopic (exact) mass is 277 g/mol. The molecule has 0 saturated carbocycles. The van der Waals surface area contributed by atoms with Crippen LogP contribution in [0, 0.1) is 0 Å². The Morgan fingerprint density at radius 1 is 1.47 bits per heavy atom. The van der Waals surface area contributed by atoms with Crippen molar-refractivity contribution < 1.29 is 18.3 Å². The maximum Gasteiger partial charge on any atom is 0.304 e. The zero-order valence-electron chi connectivity index (χ0n) is 9.05. The Kier molecular flexibility index (Phi) is 4.50. The Morgan fingerprint density at radius 3 is 2.59 bits per heavy atom. The van der Waals surface area contributed by atoms with Crippen molar-refractivity contribution in [1.29, 1.82) is 0 Å². The van der Waals surface area contributed by atoms with E-state index in [1.54, 1.807) is 12.1 Å². The zero-order chi connectivity index (χ0) is 13.1. The second-order valence-electron chi connectivity index (χ2n) is 3.55. The van der Waals surface area contributed by atoms with Gasteiger partial charge in [-0.3, -0.25) is 4.79 Å². The molecule has 0 aliphatic carbocycles. The van der Waals surface area contributed by atoms with Crippen LogP contribution >= 0.6 is 11.6 Å². The van der Waals surface area contributed by atoms with Crippen molar-refractivity contribution >= 4 is 27.6 Å². The molecule has 1 rings (SSSR count). The summed E-state index contributed by atoms with van der Waals surface area (Å²) in [5.74, 6) is -1.07. The molecule has 2 N–H and O–H groups in total. The van der Waals surface area contributed by atoms with E-state index in [1.807, 2.05) is 0 Å². The third-order valence-electron chi connectivity index (χ3n) is 1.96. The van der Waals surface area contributed by atoms with E-state index >= 15 is 0 Å². The molecule has 0 heterocycles. The summed E-state index contributed by atoms with van der Waals surface area (Å²) >= 11 is 5.76. The van der Waals surface area contributed by atoms with E-state index in [4.69, 9.17) is 16.7 Å². The highest BCUT2D eigenvalue weighted by Crippen LogP contribution is 2.20. The number of hydrogen-bond donors (Lipinski definition) is 2. The second kappa shape index (κ2) is 5.48. The molecule has 0 radical (unpaired) electrons. The maximum absolute atomic E-state index is 11.9. The molecular formula is C10H12ClNO4S. The maximum atomic E-state index is 11.9. The summed E-state index contributed by atoms with van der Waals surface area (Å²) in [6, 6.07) is 5.27. The lowest BCUT2D eigenvalue weighted by Gasteiger charge is -2.12. The van der Waals surface area contributed by atoms with Gasteiger partial charge in [-0.2, -0.15) is 0 Å². The molecule has 0 aliphatic rings. The second-order valence-corrected chi connectivity index (χ2v) is 5.64. The van der Waals surface area contributed by atoms with Crippen molar-refractivity contribution in [2.24, 2.45) is 0 Å². The minimum atomic E-state index is -3.78. The molecule has 0 saturated heterocycles. The van der Waals surface area contributed by atoms with Crippen LogP contribution in [0.5, 0.6) is 0 Å². The highest BCUT2D eigenvalue weighted by Gasteiger charge is 2.20. The molecule has 94 valence electrons. The van der Waals surface area contributed by atoms with Gasteiger partial charge in [-0.15, -0.1) is 0 Å². The Labute approximate surface area is 104 Å². The van der Waals surface area contributed by atoms with E-state index in [-0.39, 0.29) is 16.3 Å². The molecule has 7 heteroatoms. The van der Waals surface area contributed by atoms with Gasteiger partial charge in [0.15, 0.2) is 0 Å². The molecule has 1 unspecified atom stereocenters. The standard InChI is InChI=1S/C10H12ClNO4S/c1-7(6-10(13)14)12-17(15,16)9-5-3-2-4-8(9)11/h2-5,7,12H,6H2,1H3,(H,13,14). The summed E-state index contributed by atoms with van der Waals surface area (Å²) in [5.41, 5.74) is 0. The molecule has 0 aliphatic heterocycles. The van der Waals surface area contributed by atoms with Crippen molar-refractivity contribution in [2.45, 2.75) is 24.3 Å². The Morgan fingerprint density at radius 2 is 2.06 bits per heavy atom. The topological polar surface area (TPSA) is 83.5 Å². The van der Waals surface area contributed by atoms with Gasteiger partial charge < -0.3 is 5.11 Å². The van der Waals surface area contributed by atoms with E-state index in [0.717, 1.165) is 0 Å². The Bertz CT molecular complexity index is 515. The first kappa shape index (κ1) is 14.0. The van der Waals surface area contributed by atoms with Crippen LogP contribution in [0.15, 0.2) is 29.2 Å². The summed E-state index contributed by atoms with van der Waals surface area (Å²) in [6.45, 7) is 1.47.